The van der Waals surface area contributed by atoms with E-state index in [-0.39, 0.29) is 12.1 Å². The van der Waals surface area contributed by atoms with E-state index < -0.39 is 0 Å². The van der Waals surface area contributed by atoms with Crippen LogP contribution in [-0.2, 0) is 11.3 Å². The average Bonchev–Trinajstić information content (AvgIpc) is 2.62. The van der Waals surface area contributed by atoms with Gasteiger partial charge in [0.15, 0.2) is 4.47 Å². The lowest BCUT2D eigenvalue weighted by molar-refractivity contribution is 0.0971. The van der Waals surface area contributed by atoms with Crippen LogP contribution < -0.4 is 5.32 Å². The predicted octanol–water partition coefficient (Wildman–Crippen LogP) is 1.67. The molecule has 0 aliphatic rings. The SMILES string of the molecule is COCC(C)(CCO)NCc1cnc(Cl)s1. The highest BCUT2D eigenvalue weighted by atomic mass is 35.5. The van der Waals surface area contributed by atoms with Gasteiger partial charge in [0, 0.05) is 36.9 Å². The Morgan fingerprint density at radius 3 is 2.94 bits per heavy atom. The summed E-state index contributed by atoms with van der Waals surface area (Å²) in [6, 6.07) is 0. The van der Waals surface area contributed by atoms with E-state index in [0.717, 1.165) is 4.88 Å². The van der Waals surface area contributed by atoms with E-state index in [1.165, 1.54) is 11.3 Å². The third kappa shape index (κ3) is 4.35. The Morgan fingerprint density at radius 2 is 2.44 bits per heavy atom. The Kier molecular flexibility index (Phi) is 5.64. The summed E-state index contributed by atoms with van der Waals surface area (Å²) in [6.07, 6.45) is 2.40. The lowest BCUT2D eigenvalue weighted by Crippen LogP contribution is -2.46. The van der Waals surface area contributed by atoms with Crippen molar-refractivity contribution in [3.05, 3.63) is 15.5 Å². The smallest absolute Gasteiger partial charge is 0.183 e. The molecular weight excluding hydrogens is 248 g/mol. The zero-order valence-electron chi connectivity index (χ0n) is 9.49. The van der Waals surface area contributed by atoms with Crippen LogP contribution in [-0.4, -0.2) is 36.0 Å². The van der Waals surface area contributed by atoms with E-state index in [0.29, 0.717) is 24.0 Å². The van der Waals surface area contributed by atoms with E-state index in [1.54, 1.807) is 13.3 Å². The summed E-state index contributed by atoms with van der Waals surface area (Å²) in [4.78, 5) is 5.05. The molecular formula is C10H17ClN2O2S. The second kappa shape index (κ2) is 6.51. The second-order valence-electron chi connectivity index (χ2n) is 3.90. The van der Waals surface area contributed by atoms with Gasteiger partial charge in [0.05, 0.1) is 6.61 Å². The summed E-state index contributed by atoms with van der Waals surface area (Å²) < 4.78 is 5.69. The molecule has 16 heavy (non-hydrogen) atoms. The maximum Gasteiger partial charge on any atom is 0.183 e. The minimum absolute atomic E-state index is 0.135. The van der Waals surface area contributed by atoms with Gasteiger partial charge in [-0.2, -0.15) is 0 Å². The number of hydrogen-bond donors (Lipinski definition) is 2. The molecule has 1 rings (SSSR count). The maximum atomic E-state index is 9.00. The number of aliphatic hydroxyl groups is 1. The highest BCUT2D eigenvalue weighted by Gasteiger charge is 2.23. The van der Waals surface area contributed by atoms with Gasteiger partial charge in [-0.15, -0.1) is 11.3 Å². The second-order valence-corrected chi connectivity index (χ2v) is 5.60. The molecule has 1 atom stereocenters. The highest BCUT2D eigenvalue weighted by Crippen LogP contribution is 2.19. The minimum Gasteiger partial charge on any atom is -0.396 e. The van der Waals surface area contributed by atoms with Crippen LogP contribution in [0.4, 0.5) is 0 Å². The Hall–Kier alpha value is -0.200. The number of halogens is 1. The first kappa shape index (κ1) is 13.9. The first-order valence-electron chi connectivity index (χ1n) is 5.05. The van der Waals surface area contributed by atoms with Crippen LogP contribution in [0.2, 0.25) is 4.47 Å². The molecule has 0 saturated heterocycles. The first-order chi connectivity index (χ1) is 7.59. The Morgan fingerprint density at radius 1 is 1.69 bits per heavy atom. The zero-order chi connectivity index (χ0) is 12.0. The third-order valence-electron chi connectivity index (χ3n) is 2.34. The molecule has 92 valence electrons. The van der Waals surface area contributed by atoms with Crippen molar-refractivity contribution in [2.24, 2.45) is 0 Å². The summed E-state index contributed by atoms with van der Waals surface area (Å²) in [5.41, 5.74) is -0.222. The van der Waals surface area contributed by atoms with Gasteiger partial charge in [-0.1, -0.05) is 11.6 Å². The molecule has 0 aromatic carbocycles. The van der Waals surface area contributed by atoms with Crippen LogP contribution in [0.15, 0.2) is 6.20 Å². The minimum atomic E-state index is -0.222. The van der Waals surface area contributed by atoms with E-state index in [1.807, 2.05) is 6.92 Å². The van der Waals surface area contributed by atoms with Gasteiger partial charge in [0.25, 0.3) is 0 Å². The summed E-state index contributed by atoms with van der Waals surface area (Å²) in [7, 11) is 1.65. The predicted molar refractivity (Wildman–Crippen MR) is 65.9 cm³/mol. The molecule has 0 aliphatic heterocycles. The van der Waals surface area contributed by atoms with Gasteiger partial charge < -0.3 is 15.2 Å². The van der Waals surface area contributed by atoms with Crippen molar-refractivity contribution in [3.8, 4) is 0 Å². The summed E-state index contributed by atoms with van der Waals surface area (Å²) in [5, 5.41) is 12.4. The largest absolute Gasteiger partial charge is 0.396 e. The number of aromatic nitrogens is 1. The molecule has 0 fully saturated rings. The fourth-order valence-electron chi connectivity index (χ4n) is 1.44. The number of aliphatic hydroxyl groups excluding tert-OH is 1. The summed E-state index contributed by atoms with van der Waals surface area (Å²) in [6.45, 7) is 3.40. The molecule has 1 unspecified atom stereocenters. The average molecular weight is 265 g/mol. The molecule has 0 bridgehead atoms. The Bertz CT molecular complexity index is 314. The van der Waals surface area contributed by atoms with Crippen LogP contribution in [0.3, 0.4) is 0 Å². The molecule has 0 amide bonds. The van der Waals surface area contributed by atoms with Gasteiger partial charge in [-0.05, 0) is 13.3 Å². The number of nitrogens with zero attached hydrogens (tertiary/aromatic N) is 1. The quantitative estimate of drug-likeness (QED) is 0.787. The lowest BCUT2D eigenvalue weighted by atomic mass is 9.99. The van der Waals surface area contributed by atoms with Crippen molar-refractivity contribution in [2.75, 3.05) is 20.3 Å². The molecule has 6 heteroatoms. The summed E-state index contributed by atoms with van der Waals surface area (Å²) in [5.74, 6) is 0. The number of rotatable bonds is 7. The Balaban J connectivity index is 2.49. The number of nitrogens with one attached hydrogen (secondary N) is 1. The standard InChI is InChI=1S/C10H17ClN2O2S/c1-10(3-4-14,7-15-2)13-6-8-5-12-9(11)16-8/h5,13-14H,3-4,6-7H2,1-2H3. The van der Waals surface area contributed by atoms with Gasteiger partial charge >= 0.3 is 0 Å². The van der Waals surface area contributed by atoms with Crippen LogP contribution in [0.25, 0.3) is 0 Å². The van der Waals surface area contributed by atoms with Crippen molar-refractivity contribution < 1.29 is 9.84 Å². The van der Waals surface area contributed by atoms with Crippen LogP contribution in [0.1, 0.15) is 18.2 Å². The van der Waals surface area contributed by atoms with Crippen molar-refractivity contribution >= 4 is 22.9 Å². The topological polar surface area (TPSA) is 54.4 Å². The lowest BCUT2D eigenvalue weighted by Gasteiger charge is -2.29. The Labute approximate surface area is 105 Å². The maximum absolute atomic E-state index is 9.00. The number of methoxy groups -OCH3 is 1. The fourth-order valence-corrected chi connectivity index (χ4v) is 2.36. The molecule has 0 radical (unpaired) electrons. The zero-order valence-corrected chi connectivity index (χ0v) is 11.1. The number of thiazole rings is 1. The van der Waals surface area contributed by atoms with E-state index in [2.05, 4.69) is 10.3 Å². The monoisotopic (exact) mass is 264 g/mol. The number of hydrogen-bond acceptors (Lipinski definition) is 5. The van der Waals surface area contributed by atoms with Gasteiger partial charge in [0.1, 0.15) is 0 Å². The molecule has 1 aromatic heterocycles. The van der Waals surface area contributed by atoms with Crippen molar-refractivity contribution in [3.63, 3.8) is 0 Å². The fraction of sp³-hybridized carbons (Fsp3) is 0.700. The molecule has 0 spiro atoms. The van der Waals surface area contributed by atoms with Crippen molar-refractivity contribution in [1.29, 1.82) is 0 Å². The van der Waals surface area contributed by atoms with Crippen molar-refractivity contribution in [2.45, 2.75) is 25.4 Å². The van der Waals surface area contributed by atoms with Crippen LogP contribution in [0, 0.1) is 0 Å². The van der Waals surface area contributed by atoms with Crippen molar-refractivity contribution in [1.82, 2.24) is 10.3 Å². The number of ether oxygens (including phenoxy) is 1. The first-order valence-corrected chi connectivity index (χ1v) is 6.24. The molecule has 1 heterocycles. The molecule has 4 nitrogen and oxygen atoms in total. The van der Waals surface area contributed by atoms with Gasteiger partial charge in [-0.3, -0.25) is 0 Å². The molecule has 0 aliphatic carbocycles. The highest BCUT2D eigenvalue weighted by molar-refractivity contribution is 7.15. The molecule has 2 N–H and O–H groups in total. The van der Waals surface area contributed by atoms with E-state index in [9.17, 15) is 0 Å². The molecule has 1 aromatic rings. The molecule has 0 saturated carbocycles. The van der Waals surface area contributed by atoms with Gasteiger partial charge in [-0.25, -0.2) is 4.98 Å². The van der Waals surface area contributed by atoms with Crippen LogP contribution >= 0.6 is 22.9 Å². The third-order valence-corrected chi connectivity index (χ3v) is 3.46. The van der Waals surface area contributed by atoms with Crippen LogP contribution in [0.5, 0.6) is 0 Å². The van der Waals surface area contributed by atoms with Gasteiger partial charge in [0.2, 0.25) is 0 Å². The normalized spacial score (nSPS) is 15.0. The summed E-state index contributed by atoms with van der Waals surface area (Å²) >= 11 is 7.20. The van der Waals surface area contributed by atoms with E-state index in [4.69, 9.17) is 21.4 Å². The van der Waals surface area contributed by atoms with E-state index >= 15 is 0 Å².